The maximum atomic E-state index is 11.1. The van der Waals surface area contributed by atoms with Crippen molar-refractivity contribution >= 4 is 17.3 Å². The molecule has 0 unspecified atom stereocenters. The lowest BCUT2D eigenvalue weighted by Crippen LogP contribution is -2.11. The zero-order chi connectivity index (χ0) is 12.0. The molecule has 0 heterocycles. The van der Waals surface area contributed by atoms with Gasteiger partial charge < -0.3 is 15.8 Å². The van der Waals surface area contributed by atoms with E-state index in [4.69, 9.17) is 10.5 Å². The summed E-state index contributed by atoms with van der Waals surface area (Å²) in [7, 11) is 0. The van der Waals surface area contributed by atoms with Gasteiger partial charge >= 0.3 is 5.97 Å². The van der Waals surface area contributed by atoms with Gasteiger partial charge in [0.1, 0.15) is 0 Å². The summed E-state index contributed by atoms with van der Waals surface area (Å²) < 4.78 is 4.82. The Morgan fingerprint density at radius 1 is 1.50 bits per heavy atom. The minimum atomic E-state index is -0.179. The van der Waals surface area contributed by atoms with Crippen LogP contribution >= 0.6 is 0 Å². The topological polar surface area (TPSA) is 64.3 Å². The molecule has 0 radical (unpaired) electrons. The van der Waals surface area contributed by atoms with Gasteiger partial charge in [0, 0.05) is 17.9 Å². The molecule has 0 atom stereocenters. The van der Waals surface area contributed by atoms with Crippen LogP contribution in [0.15, 0.2) is 18.2 Å². The highest BCUT2D eigenvalue weighted by molar-refractivity contribution is 5.70. The molecule has 0 aliphatic heterocycles. The second-order valence-corrected chi connectivity index (χ2v) is 3.55. The summed E-state index contributed by atoms with van der Waals surface area (Å²) in [5.74, 6) is -0.179. The van der Waals surface area contributed by atoms with Gasteiger partial charge in [-0.1, -0.05) is 0 Å². The number of anilines is 2. The van der Waals surface area contributed by atoms with Crippen molar-refractivity contribution in [2.75, 3.05) is 24.2 Å². The number of nitrogen functional groups attached to an aromatic ring is 1. The average molecular weight is 222 g/mol. The third-order valence-electron chi connectivity index (χ3n) is 2.23. The summed E-state index contributed by atoms with van der Waals surface area (Å²) in [5, 5.41) is 3.15. The van der Waals surface area contributed by atoms with E-state index < -0.39 is 0 Å². The summed E-state index contributed by atoms with van der Waals surface area (Å²) in [6.45, 7) is 4.75. The van der Waals surface area contributed by atoms with E-state index in [1.54, 1.807) is 6.92 Å². The first-order valence-electron chi connectivity index (χ1n) is 5.39. The summed E-state index contributed by atoms with van der Waals surface area (Å²) in [5.41, 5.74) is 8.47. The number of rotatable bonds is 5. The number of hydrogen-bond acceptors (Lipinski definition) is 4. The number of aryl methyl sites for hydroxylation is 1. The molecular formula is C12H18N2O2. The van der Waals surface area contributed by atoms with Crippen molar-refractivity contribution in [1.29, 1.82) is 0 Å². The molecule has 0 saturated heterocycles. The van der Waals surface area contributed by atoms with Gasteiger partial charge in [-0.2, -0.15) is 0 Å². The quantitative estimate of drug-likeness (QED) is 0.590. The average Bonchev–Trinajstić information content (AvgIpc) is 2.24. The number of nitrogens with two attached hydrogens (primary N) is 1. The highest BCUT2D eigenvalue weighted by atomic mass is 16.5. The highest BCUT2D eigenvalue weighted by Crippen LogP contribution is 2.16. The van der Waals surface area contributed by atoms with Gasteiger partial charge in [0.15, 0.2) is 0 Å². The minimum Gasteiger partial charge on any atom is -0.466 e. The normalized spacial score (nSPS) is 9.88. The molecule has 0 aliphatic carbocycles. The molecule has 0 saturated carbocycles. The van der Waals surface area contributed by atoms with Crippen LogP contribution in [0.25, 0.3) is 0 Å². The highest BCUT2D eigenvalue weighted by Gasteiger charge is 2.01. The fourth-order valence-electron chi connectivity index (χ4n) is 1.33. The maximum absolute atomic E-state index is 11.1. The first-order chi connectivity index (χ1) is 7.63. The van der Waals surface area contributed by atoms with Crippen LogP contribution in [-0.4, -0.2) is 19.1 Å². The summed E-state index contributed by atoms with van der Waals surface area (Å²) in [4.78, 5) is 11.1. The number of hydrogen-bond donors (Lipinski definition) is 2. The van der Waals surface area contributed by atoms with Crippen molar-refractivity contribution in [2.45, 2.75) is 20.3 Å². The molecule has 3 N–H and O–H groups in total. The molecule has 4 heteroatoms. The van der Waals surface area contributed by atoms with E-state index in [0.29, 0.717) is 19.6 Å². The number of carbonyl (C=O) groups excluding carboxylic acids is 1. The number of esters is 1. The second-order valence-electron chi connectivity index (χ2n) is 3.55. The van der Waals surface area contributed by atoms with Crippen LogP contribution in [0.5, 0.6) is 0 Å². The standard InChI is InChI=1S/C12H18N2O2/c1-3-16-12(15)6-7-14-10-4-5-11(13)9(2)8-10/h4-5,8,14H,3,6-7,13H2,1-2H3. The summed E-state index contributed by atoms with van der Waals surface area (Å²) >= 11 is 0. The Labute approximate surface area is 95.8 Å². The van der Waals surface area contributed by atoms with Crippen molar-refractivity contribution in [1.82, 2.24) is 0 Å². The number of carbonyl (C=O) groups is 1. The van der Waals surface area contributed by atoms with Crippen molar-refractivity contribution < 1.29 is 9.53 Å². The molecule has 4 nitrogen and oxygen atoms in total. The van der Waals surface area contributed by atoms with Crippen LogP contribution in [-0.2, 0) is 9.53 Å². The van der Waals surface area contributed by atoms with Gasteiger partial charge in [0.2, 0.25) is 0 Å². The Kier molecular flexibility index (Phi) is 4.64. The lowest BCUT2D eigenvalue weighted by atomic mass is 10.2. The lowest BCUT2D eigenvalue weighted by Gasteiger charge is -2.08. The third-order valence-corrected chi connectivity index (χ3v) is 2.23. The third kappa shape index (κ3) is 3.81. The summed E-state index contributed by atoms with van der Waals surface area (Å²) in [6.07, 6.45) is 0.372. The Balaban J connectivity index is 2.37. The SMILES string of the molecule is CCOC(=O)CCNc1ccc(N)c(C)c1. The van der Waals surface area contributed by atoms with E-state index in [1.807, 2.05) is 25.1 Å². The van der Waals surface area contributed by atoms with Crippen molar-refractivity contribution in [3.8, 4) is 0 Å². The van der Waals surface area contributed by atoms with E-state index in [1.165, 1.54) is 0 Å². The predicted octanol–water partition coefficient (Wildman–Crippen LogP) is 1.94. The van der Waals surface area contributed by atoms with E-state index in [-0.39, 0.29) is 5.97 Å². The van der Waals surface area contributed by atoms with Crippen molar-refractivity contribution in [3.05, 3.63) is 23.8 Å². The zero-order valence-corrected chi connectivity index (χ0v) is 9.75. The van der Waals surface area contributed by atoms with Gasteiger partial charge in [0.25, 0.3) is 0 Å². The fourth-order valence-corrected chi connectivity index (χ4v) is 1.33. The molecule has 0 spiro atoms. The van der Waals surface area contributed by atoms with Crippen LogP contribution < -0.4 is 11.1 Å². The first-order valence-corrected chi connectivity index (χ1v) is 5.39. The first kappa shape index (κ1) is 12.4. The van der Waals surface area contributed by atoms with Crippen LogP contribution in [0.4, 0.5) is 11.4 Å². The van der Waals surface area contributed by atoms with E-state index in [0.717, 1.165) is 16.9 Å². The van der Waals surface area contributed by atoms with E-state index in [9.17, 15) is 4.79 Å². The summed E-state index contributed by atoms with van der Waals surface area (Å²) in [6, 6.07) is 5.70. The predicted molar refractivity (Wildman–Crippen MR) is 65.3 cm³/mol. The Bertz CT molecular complexity index is 364. The zero-order valence-electron chi connectivity index (χ0n) is 9.75. The second kappa shape index (κ2) is 6.00. The van der Waals surface area contributed by atoms with Crippen LogP contribution in [0.3, 0.4) is 0 Å². The molecule has 0 aliphatic rings. The molecule has 88 valence electrons. The van der Waals surface area contributed by atoms with Crippen molar-refractivity contribution in [2.24, 2.45) is 0 Å². The van der Waals surface area contributed by atoms with Crippen LogP contribution in [0, 0.1) is 6.92 Å². The number of benzene rings is 1. The van der Waals surface area contributed by atoms with Gasteiger partial charge in [-0.3, -0.25) is 4.79 Å². The molecule has 0 aromatic heterocycles. The Morgan fingerprint density at radius 3 is 2.88 bits per heavy atom. The Morgan fingerprint density at radius 2 is 2.25 bits per heavy atom. The molecule has 0 fully saturated rings. The molecule has 16 heavy (non-hydrogen) atoms. The van der Waals surface area contributed by atoms with Gasteiger partial charge in [0.05, 0.1) is 13.0 Å². The van der Waals surface area contributed by atoms with Crippen molar-refractivity contribution in [3.63, 3.8) is 0 Å². The molecule has 1 aromatic rings. The van der Waals surface area contributed by atoms with E-state index >= 15 is 0 Å². The maximum Gasteiger partial charge on any atom is 0.307 e. The largest absolute Gasteiger partial charge is 0.466 e. The molecular weight excluding hydrogens is 204 g/mol. The minimum absolute atomic E-state index is 0.179. The molecule has 0 amide bonds. The van der Waals surface area contributed by atoms with E-state index in [2.05, 4.69) is 5.32 Å². The van der Waals surface area contributed by atoms with Gasteiger partial charge in [-0.15, -0.1) is 0 Å². The number of ether oxygens (including phenoxy) is 1. The lowest BCUT2D eigenvalue weighted by molar-refractivity contribution is -0.142. The van der Waals surface area contributed by atoms with Crippen LogP contribution in [0.1, 0.15) is 18.9 Å². The molecule has 1 aromatic carbocycles. The molecule has 0 bridgehead atoms. The smallest absolute Gasteiger partial charge is 0.307 e. The molecule has 1 rings (SSSR count). The number of nitrogens with one attached hydrogen (secondary N) is 1. The monoisotopic (exact) mass is 222 g/mol. The fraction of sp³-hybridized carbons (Fsp3) is 0.417. The van der Waals surface area contributed by atoms with Crippen LogP contribution in [0.2, 0.25) is 0 Å². The van der Waals surface area contributed by atoms with Gasteiger partial charge in [-0.05, 0) is 37.6 Å². The Hall–Kier alpha value is -1.71. The van der Waals surface area contributed by atoms with Gasteiger partial charge in [-0.25, -0.2) is 0 Å².